The van der Waals surface area contributed by atoms with E-state index in [4.69, 9.17) is 0 Å². The van der Waals surface area contributed by atoms with Crippen LogP contribution in [-0.2, 0) is 6.18 Å². The Morgan fingerprint density at radius 3 is 2.05 bits per heavy atom. The predicted molar refractivity (Wildman–Crippen MR) is 82.5 cm³/mol. The minimum absolute atomic E-state index is 0.188. The summed E-state index contributed by atoms with van der Waals surface area (Å²) in [7, 11) is 0. The maximum atomic E-state index is 12.8. The largest absolute Gasteiger partial charge is 0.418 e. The topological polar surface area (TPSA) is 12.0 Å². The van der Waals surface area contributed by atoms with Gasteiger partial charge in [-0.2, -0.15) is 13.2 Å². The fourth-order valence-electron chi connectivity index (χ4n) is 2.37. The molecule has 1 nitrogen and oxygen atoms in total. The monoisotopic (exact) mass is 301 g/mol. The first-order chi connectivity index (χ1) is 10.1. The minimum Gasteiger partial charge on any atom is -0.385 e. The lowest BCUT2D eigenvalue weighted by molar-refractivity contribution is -0.136. The quantitative estimate of drug-likeness (QED) is 0.503. The summed E-state index contributed by atoms with van der Waals surface area (Å²) in [6.45, 7) is 2.80. The lowest BCUT2D eigenvalue weighted by atomic mass is 10.1. The lowest BCUT2D eigenvalue weighted by Gasteiger charge is -2.14. The molecule has 0 heterocycles. The number of halogens is 3. The number of anilines is 1. The fourth-order valence-corrected chi connectivity index (χ4v) is 2.37. The van der Waals surface area contributed by atoms with Crippen LogP contribution in [0.25, 0.3) is 0 Å². The maximum Gasteiger partial charge on any atom is 0.418 e. The van der Waals surface area contributed by atoms with Crippen molar-refractivity contribution in [3.8, 4) is 0 Å². The molecule has 1 N–H and O–H groups in total. The van der Waals surface area contributed by atoms with Gasteiger partial charge < -0.3 is 5.32 Å². The fraction of sp³-hybridized carbons (Fsp3) is 0.647. The Kier molecular flexibility index (Phi) is 8.24. The number of hydrogen-bond acceptors (Lipinski definition) is 1. The molecule has 21 heavy (non-hydrogen) atoms. The Morgan fingerprint density at radius 1 is 0.857 bits per heavy atom. The van der Waals surface area contributed by atoms with E-state index in [0.29, 0.717) is 6.54 Å². The van der Waals surface area contributed by atoms with Crippen molar-refractivity contribution in [2.24, 2.45) is 0 Å². The summed E-state index contributed by atoms with van der Waals surface area (Å²) in [4.78, 5) is 0. The molecule has 0 saturated heterocycles. The molecule has 0 spiro atoms. The molecule has 0 bridgehead atoms. The molecule has 0 aromatic heterocycles. The summed E-state index contributed by atoms with van der Waals surface area (Å²) in [5.41, 5.74) is -0.391. The van der Waals surface area contributed by atoms with Gasteiger partial charge in [-0.3, -0.25) is 0 Å². The van der Waals surface area contributed by atoms with Gasteiger partial charge in [0.25, 0.3) is 0 Å². The van der Waals surface area contributed by atoms with Crippen molar-refractivity contribution in [1.29, 1.82) is 0 Å². The molecule has 1 aromatic carbocycles. The molecule has 0 aliphatic carbocycles. The molecular weight excluding hydrogens is 275 g/mol. The summed E-state index contributed by atoms with van der Waals surface area (Å²) in [5, 5.41) is 2.91. The molecule has 1 aromatic rings. The Bertz CT molecular complexity index is 388. The first-order valence-electron chi connectivity index (χ1n) is 7.95. The van der Waals surface area contributed by atoms with E-state index in [1.54, 1.807) is 6.07 Å². The van der Waals surface area contributed by atoms with Crippen LogP contribution in [0.3, 0.4) is 0 Å². The Morgan fingerprint density at radius 2 is 1.43 bits per heavy atom. The Balaban J connectivity index is 2.19. The van der Waals surface area contributed by atoms with E-state index in [-0.39, 0.29) is 5.69 Å². The zero-order valence-electron chi connectivity index (χ0n) is 12.8. The third kappa shape index (κ3) is 7.39. The average Bonchev–Trinajstić information content (AvgIpc) is 2.45. The van der Waals surface area contributed by atoms with Crippen LogP contribution in [0.2, 0.25) is 0 Å². The van der Waals surface area contributed by atoms with E-state index in [1.165, 1.54) is 50.7 Å². The van der Waals surface area contributed by atoms with Crippen molar-refractivity contribution >= 4 is 5.69 Å². The van der Waals surface area contributed by atoms with Gasteiger partial charge in [0.2, 0.25) is 0 Å². The van der Waals surface area contributed by atoms with Gasteiger partial charge in [-0.1, -0.05) is 64.0 Å². The number of unbranched alkanes of at least 4 members (excludes halogenated alkanes) is 7. The Hall–Kier alpha value is -1.19. The summed E-state index contributed by atoms with van der Waals surface area (Å²) < 4.78 is 38.4. The highest BCUT2D eigenvalue weighted by Gasteiger charge is 2.32. The molecule has 120 valence electrons. The summed E-state index contributed by atoms with van der Waals surface area (Å²) in [6.07, 6.45) is 5.24. The van der Waals surface area contributed by atoms with Crippen molar-refractivity contribution in [3.05, 3.63) is 29.8 Å². The maximum absolute atomic E-state index is 12.8. The SMILES string of the molecule is CCCCCCCCCCNc1ccccc1C(F)(F)F. The van der Waals surface area contributed by atoms with E-state index in [1.807, 2.05) is 0 Å². The van der Waals surface area contributed by atoms with E-state index >= 15 is 0 Å². The third-order valence-electron chi connectivity index (χ3n) is 3.58. The Labute approximate surface area is 125 Å². The predicted octanol–water partition coefficient (Wildman–Crippen LogP) is 6.26. The van der Waals surface area contributed by atoms with Gasteiger partial charge in [-0.25, -0.2) is 0 Å². The first kappa shape index (κ1) is 17.9. The molecule has 0 radical (unpaired) electrons. The van der Waals surface area contributed by atoms with Crippen molar-refractivity contribution in [2.45, 2.75) is 64.5 Å². The summed E-state index contributed by atoms with van der Waals surface area (Å²) in [5.74, 6) is 0. The molecule has 0 amide bonds. The average molecular weight is 301 g/mol. The number of benzene rings is 1. The van der Waals surface area contributed by atoms with E-state index in [2.05, 4.69) is 12.2 Å². The molecule has 0 aliphatic heterocycles. The van der Waals surface area contributed by atoms with Crippen molar-refractivity contribution < 1.29 is 13.2 Å². The highest BCUT2D eigenvalue weighted by atomic mass is 19.4. The third-order valence-corrected chi connectivity index (χ3v) is 3.58. The number of para-hydroxylation sites is 1. The van der Waals surface area contributed by atoms with Crippen molar-refractivity contribution in [3.63, 3.8) is 0 Å². The number of rotatable bonds is 10. The van der Waals surface area contributed by atoms with Crippen LogP contribution in [0.15, 0.2) is 24.3 Å². The minimum atomic E-state index is -4.29. The molecule has 0 saturated carbocycles. The highest BCUT2D eigenvalue weighted by Crippen LogP contribution is 2.34. The van der Waals surface area contributed by atoms with E-state index in [0.717, 1.165) is 18.9 Å². The van der Waals surface area contributed by atoms with Gasteiger partial charge in [-0.15, -0.1) is 0 Å². The number of alkyl halides is 3. The van der Waals surface area contributed by atoms with Gasteiger partial charge in [0.05, 0.1) is 5.56 Å². The molecule has 0 fully saturated rings. The van der Waals surface area contributed by atoms with E-state index < -0.39 is 11.7 Å². The molecule has 0 atom stereocenters. The van der Waals surface area contributed by atoms with Gasteiger partial charge in [0.15, 0.2) is 0 Å². The highest BCUT2D eigenvalue weighted by molar-refractivity contribution is 5.52. The van der Waals surface area contributed by atoms with Crippen molar-refractivity contribution in [2.75, 3.05) is 11.9 Å². The van der Waals surface area contributed by atoms with Crippen molar-refractivity contribution in [1.82, 2.24) is 0 Å². The first-order valence-corrected chi connectivity index (χ1v) is 7.95. The zero-order valence-corrected chi connectivity index (χ0v) is 12.8. The molecule has 1 rings (SSSR count). The van der Waals surface area contributed by atoms with Crippen LogP contribution in [0.5, 0.6) is 0 Å². The normalized spacial score (nSPS) is 11.6. The molecule has 0 aliphatic rings. The number of hydrogen-bond donors (Lipinski definition) is 1. The van der Waals surface area contributed by atoms with E-state index in [9.17, 15) is 13.2 Å². The van der Waals surface area contributed by atoms with Gasteiger partial charge in [0.1, 0.15) is 0 Å². The summed E-state index contributed by atoms with van der Waals surface area (Å²) in [6, 6.07) is 5.67. The van der Waals surface area contributed by atoms with Crippen LogP contribution in [0.1, 0.15) is 63.9 Å². The van der Waals surface area contributed by atoms with Crippen LogP contribution < -0.4 is 5.32 Å². The van der Waals surface area contributed by atoms with Crippen LogP contribution >= 0.6 is 0 Å². The zero-order chi connectivity index (χ0) is 15.6. The number of nitrogens with one attached hydrogen (secondary N) is 1. The molecular formula is C17H26F3N. The second-order valence-electron chi connectivity index (χ2n) is 5.44. The van der Waals surface area contributed by atoms with Crippen LogP contribution in [0.4, 0.5) is 18.9 Å². The standard InChI is InChI=1S/C17H26F3N/c1-2-3-4-5-6-7-8-11-14-21-16-13-10-9-12-15(16)17(18,19)20/h9-10,12-13,21H,2-8,11,14H2,1H3. The van der Waals surface area contributed by atoms with Gasteiger partial charge in [-0.05, 0) is 18.6 Å². The summed E-state index contributed by atoms with van der Waals surface area (Å²) >= 11 is 0. The van der Waals surface area contributed by atoms with Crippen LogP contribution in [0, 0.1) is 0 Å². The second-order valence-corrected chi connectivity index (χ2v) is 5.44. The molecule has 0 unspecified atom stereocenters. The smallest absolute Gasteiger partial charge is 0.385 e. The molecule has 4 heteroatoms. The van der Waals surface area contributed by atoms with Crippen LogP contribution in [-0.4, -0.2) is 6.54 Å². The lowest BCUT2D eigenvalue weighted by Crippen LogP contribution is -2.11. The van der Waals surface area contributed by atoms with Gasteiger partial charge >= 0.3 is 6.18 Å². The van der Waals surface area contributed by atoms with Gasteiger partial charge in [0, 0.05) is 12.2 Å². The second kappa shape index (κ2) is 9.69.